The second-order valence-corrected chi connectivity index (χ2v) is 6.43. The topological polar surface area (TPSA) is 63.2 Å². The SMILES string of the molecule is O=C(c1ccc(C(F)(F)F)cc1)[C@@H]1CCCN(C(=O)c2csnn2)C1. The van der Waals surface area contributed by atoms with Crippen molar-refractivity contribution in [2.24, 2.45) is 5.92 Å². The fourth-order valence-corrected chi connectivity index (χ4v) is 3.28. The molecule has 0 spiro atoms. The van der Waals surface area contributed by atoms with Crippen LogP contribution in [0.3, 0.4) is 0 Å². The van der Waals surface area contributed by atoms with Gasteiger partial charge in [-0.2, -0.15) is 13.2 Å². The summed E-state index contributed by atoms with van der Waals surface area (Å²) in [6.45, 7) is 0.753. The highest BCUT2D eigenvalue weighted by molar-refractivity contribution is 7.03. The number of hydrogen-bond acceptors (Lipinski definition) is 5. The molecule has 1 aromatic carbocycles. The van der Waals surface area contributed by atoms with Gasteiger partial charge in [0.25, 0.3) is 5.91 Å². The van der Waals surface area contributed by atoms with Gasteiger partial charge in [0.15, 0.2) is 11.5 Å². The lowest BCUT2D eigenvalue weighted by Crippen LogP contribution is -2.42. The number of hydrogen-bond donors (Lipinski definition) is 0. The van der Waals surface area contributed by atoms with E-state index in [1.807, 2.05) is 0 Å². The summed E-state index contributed by atoms with van der Waals surface area (Å²) in [6.07, 6.45) is -3.18. The number of rotatable bonds is 3. The number of halogens is 3. The van der Waals surface area contributed by atoms with E-state index >= 15 is 0 Å². The van der Waals surface area contributed by atoms with Crippen molar-refractivity contribution in [2.75, 3.05) is 13.1 Å². The predicted molar refractivity (Wildman–Crippen MR) is 84.3 cm³/mol. The summed E-state index contributed by atoms with van der Waals surface area (Å²) in [5.74, 6) is -0.956. The molecule has 5 nitrogen and oxygen atoms in total. The molecule has 1 atom stereocenters. The molecule has 2 aromatic rings. The van der Waals surface area contributed by atoms with Crippen molar-refractivity contribution in [3.63, 3.8) is 0 Å². The van der Waals surface area contributed by atoms with Crippen molar-refractivity contribution < 1.29 is 22.8 Å². The highest BCUT2D eigenvalue weighted by atomic mass is 32.1. The van der Waals surface area contributed by atoms with Crippen LogP contribution in [0.2, 0.25) is 0 Å². The number of amides is 1. The van der Waals surface area contributed by atoms with Gasteiger partial charge < -0.3 is 4.90 Å². The van der Waals surface area contributed by atoms with Crippen molar-refractivity contribution in [1.82, 2.24) is 14.5 Å². The van der Waals surface area contributed by atoms with Gasteiger partial charge in [-0.3, -0.25) is 9.59 Å². The minimum atomic E-state index is -4.43. The zero-order valence-electron chi connectivity index (χ0n) is 13.0. The van der Waals surface area contributed by atoms with Crippen LogP contribution in [0.1, 0.15) is 39.3 Å². The van der Waals surface area contributed by atoms with E-state index in [1.54, 1.807) is 10.3 Å². The Balaban J connectivity index is 1.70. The van der Waals surface area contributed by atoms with E-state index in [9.17, 15) is 22.8 Å². The first-order valence-corrected chi connectivity index (χ1v) is 8.47. The third-order valence-corrected chi connectivity index (χ3v) is 4.66. The number of carbonyl (C=O) groups is 2. The summed E-state index contributed by atoms with van der Waals surface area (Å²) in [7, 11) is 0. The van der Waals surface area contributed by atoms with Gasteiger partial charge in [-0.25, -0.2) is 0 Å². The molecule has 25 heavy (non-hydrogen) atoms. The molecule has 1 aromatic heterocycles. The van der Waals surface area contributed by atoms with Gasteiger partial charge in [0.05, 0.1) is 5.56 Å². The first-order chi connectivity index (χ1) is 11.9. The van der Waals surface area contributed by atoms with E-state index in [0.29, 0.717) is 19.4 Å². The fourth-order valence-electron chi connectivity index (χ4n) is 2.85. The van der Waals surface area contributed by atoms with E-state index in [0.717, 1.165) is 23.7 Å². The Bertz CT molecular complexity index is 760. The lowest BCUT2D eigenvalue weighted by molar-refractivity contribution is -0.137. The number of aromatic nitrogens is 2. The van der Waals surface area contributed by atoms with Gasteiger partial charge in [0.1, 0.15) is 0 Å². The van der Waals surface area contributed by atoms with E-state index in [2.05, 4.69) is 9.59 Å². The number of piperidine rings is 1. The Morgan fingerprint density at radius 2 is 1.92 bits per heavy atom. The second kappa shape index (κ2) is 6.91. The maximum atomic E-state index is 12.6. The molecular formula is C16H14F3N3O2S. The minimum absolute atomic E-state index is 0.225. The highest BCUT2D eigenvalue weighted by Gasteiger charge is 2.32. The van der Waals surface area contributed by atoms with Crippen LogP contribution in [-0.2, 0) is 6.18 Å². The van der Waals surface area contributed by atoms with Crippen LogP contribution < -0.4 is 0 Å². The summed E-state index contributed by atoms with van der Waals surface area (Å²) >= 11 is 1.07. The maximum Gasteiger partial charge on any atom is 0.416 e. The first-order valence-electron chi connectivity index (χ1n) is 7.64. The molecule has 132 valence electrons. The van der Waals surface area contributed by atoms with E-state index in [4.69, 9.17) is 0 Å². The molecule has 1 amide bonds. The predicted octanol–water partition coefficient (Wildman–Crippen LogP) is 3.29. The van der Waals surface area contributed by atoms with Crippen molar-refractivity contribution in [3.8, 4) is 0 Å². The number of alkyl halides is 3. The molecule has 1 fully saturated rings. The van der Waals surface area contributed by atoms with Gasteiger partial charge in [-0.1, -0.05) is 16.6 Å². The van der Waals surface area contributed by atoms with Gasteiger partial charge >= 0.3 is 6.18 Å². The Morgan fingerprint density at radius 3 is 2.52 bits per heavy atom. The molecule has 0 bridgehead atoms. The van der Waals surface area contributed by atoms with Crippen LogP contribution in [0.25, 0.3) is 0 Å². The maximum absolute atomic E-state index is 12.6. The molecule has 1 saturated heterocycles. The van der Waals surface area contributed by atoms with Crippen LogP contribution >= 0.6 is 11.5 Å². The second-order valence-electron chi connectivity index (χ2n) is 5.82. The number of likely N-dealkylation sites (tertiary alicyclic amines) is 1. The largest absolute Gasteiger partial charge is 0.416 e. The molecule has 1 aliphatic rings. The number of Topliss-reactive ketones (excluding diaryl/α,β-unsaturated/α-hetero) is 1. The quantitative estimate of drug-likeness (QED) is 0.779. The highest BCUT2D eigenvalue weighted by Crippen LogP contribution is 2.30. The Morgan fingerprint density at radius 1 is 1.20 bits per heavy atom. The van der Waals surface area contributed by atoms with Crippen molar-refractivity contribution in [2.45, 2.75) is 19.0 Å². The molecule has 2 heterocycles. The lowest BCUT2D eigenvalue weighted by Gasteiger charge is -2.31. The Hall–Kier alpha value is -2.29. The Kier molecular flexibility index (Phi) is 4.85. The zero-order chi connectivity index (χ0) is 18.0. The standard InChI is InChI=1S/C16H14F3N3O2S/c17-16(18,19)12-5-3-10(4-6-12)14(23)11-2-1-7-22(8-11)15(24)13-9-25-21-20-13/h3-6,9,11H,1-2,7-8H2/t11-/m1/s1. The van der Waals surface area contributed by atoms with E-state index in [-0.39, 0.29) is 29.5 Å². The monoisotopic (exact) mass is 369 g/mol. The van der Waals surface area contributed by atoms with Gasteiger partial charge in [0, 0.05) is 30.0 Å². The molecule has 3 rings (SSSR count). The van der Waals surface area contributed by atoms with Crippen molar-refractivity contribution in [3.05, 3.63) is 46.5 Å². The fraction of sp³-hybridized carbons (Fsp3) is 0.375. The molecule has 0 unspecified atom stereocenters. The smallest absolute Gasteiger partial charge is 0.336 e. The van der Waals surface area contributed by atoms with Gasteiger partial charge in [-0.05, 0) is 36.5 Å². The summed E-state index contributed by atoms with van der Waals surface area (Å²) in [6, 6.07) is 4.19. The van der Waals surface area contributed by atoms with Crippen LogP contribution in [0.5, 0.6) is 0 Å². The number of benzene rings is 1. The normalized spacial score (nSPS) is 18.2. The van der Waals surface area contributed by atoms with Crippen LogP contribution in [0, 0.1) is 5.92 Å². The summed E-state index contributed by atoms with van der Waals surface area (Å²) in [5.41, 5.74) is -0.323. The average Bonchev–Trinajstić information content (AvgIpc) is 3.14. The molecule has 1 aliphatic heterocycles. The van der Waals surface area contributed by atoms with Crippen molar-refractivity contribution in [1.29, 1.82) is 0 Å². The Labute approximate surface area is 145 Å². The molecule has 0 aliphatic carbocycles. The minimum Gasteiger partial charge on any atom is -0.336 e. The van der Waals surface area contributed by atoms with E-state index < -0.39 is 17.7 Å². The molecule has 0 N–H and O–H groups in total. The van der Waals surface area contributed by atoms with Gasteiger partial charge in [0.2, 0.25) is 0 Å². The van der Waals surface area contributed by atoms with Crippen LogP contribution in [0.4, 0.5) is 13.2 Å². The number of ketones is 1. The third kappa shape index (κ3) is 3.87. The summed E-state index contributed by atoms with van der Waals surface area (Å²) in [4.78, 5) is 26.4. The lowest BCUT2D eigenvalue weighted by atomic mass is 9.89. The number of nitrogens with zero attached hydrogens (tertiary/aromatic N) is 3. The van der Waals surface area contributed by atoms with Crippen LogP contribution in [0.15, 0.2) is 29.6 Å². The molecular weight excluding hydrogens is 355 g/mol. The number of carbonyl (C=O) groups excluding carboxylic acids is 2. The molecule has 0 radical (unpaired) electrons. The molecule has 9 heteroatoms. The van der Waals surface area contributed by atoms with E-state index in [1.165, 1.54) is 12.1 Å². The van der Waals surface area contributed by atoms with Crippen molar-refractivity contribution >= 4 is 23.2 Å². The molecule has 0 saturated carbocycles. The summed E-state index contributed by atoms with van der Waals surface area (Å²) < 4.78 is 41.5. The summed E-state index contributed by atoms with van der Waals surface area (Å²) in [5, 5.41) is 5.28. The van der Waals surface area contributed by atoms with Gasteiger partial charge in [-0.15, -0.1) is 5.10 Å². The first kappa shape index (κ1) is 17.5. The third-order valence-electron chi connectivity index (χ3n) is 4.16. The van der Waals surface area contributed by atoms with Crippen LogP contribution in [-0.4, -0.2) is 39.3 Å². The average molecular weight is 369 g/mol. The zero-order valence-corrected chi connectivity index (χ0v) is 13.8.